The number of benzene rings is 1. The highest BCUT2D eigenvalue weighted by molar-refractivity contribution is 6.00. The molecular weight excluding hydrogens is 332 g/mol. The molecule has 0 bridgehead atoms. The zero-order valence-corrected chi connectivity index (χ0v) is 13.6. The zero-order chi connectivity index (χ0) is 18.1. The zero-order valence-electron chi connectivity index (χ0n) is 13.6. The lowest BCUT2D eigenvalue weighted by Crippen LogP contribution is -2.42. The van der Waals surface area contributed by atoms with E-state index in [1.54, 1.807) is 7.05 Å². The van der Waals surface area contributed by atoms with Gasteiger partial charge in [-0.05, 0) is 25.0 Å². The summed E-state index contributed by atoms with van der Waals surface area (Å²) in [5.41, 5.74) is 0.304. The van der Waals surface area contributed by atoms with Gasteiger partial charge >= 0.3 is 5.97 Å². The van der Waals surface area contributed by atoms with Gasteiger partial charge in [0.15, 0.2) is 0 Å². The molecule has 1 fully saturated rings. The summed E-state index contributed by atoms with van der Waals surface area (Å²) in [7, 11) is 1.60. The number of carboxylic acid groups (broad SMARTS) is 1. The highest BCUT2D eigenvalue weighted by Crippen LogP contribution is 2.28. The van der Waals surface area contributed by atoms with Crippen molar-refractivity contribution in [3.05, 3.63) is 41.6 Å². The van der Waals surface area contributed by atoms with Crippen LogP contribution >= 0.6 is 0 Å². The Morgan fingerprint density at radius 3 is 2.76 bits per heavy atom. The molecule has 1 aliphatic heterocycles. The number of hydrogen-bond acceptors (Lipinski definition) is 3. The lowest BCUT2D eigenvalue weighted by molar-refractivity contribution is -0.143. The number of halogens is 2. The van der Waals surface area contributed by atoms with Gasteiger partial charge in [0.25, 0.3) is 5.91 Å². The van der Waals surface area contributed by atoms with Gasteiger partial charge in [0.05, 0.1) is 11.5 Å². The van der Waals surface area contributed by atoms with E-state index in [0.29, 0.717) is 19.4 Å². The Morgan fingerprint density at radius 2 is 2.08 bits per heavy atom. The Hall–Kier alpha value is -2.77. The Kier molecular flexibility index (Phi) is 4.52. The van der Waals surface area contributed by atoms with E-state index >= 15 is 0 Å². The molecule has 0 radical (unpaired) electrons. The maximum absolute atomic E-state index is 14.1. The van der Waals surface area contributed by atoms with Crippen LogP contribution in [-0.2, 0) is 11.8 Å². The lowest BCUT2D eigenvalue weighted by atomic mass is 9.97. The van der Waals surface area contributed by atoms with E-state index in [-0.39, 0.29) is 23.4 Å². The Bertz CT molecular complexity index is 835. The SMILES string of the molecule is Cn1cc(C(=O)N2CCC[C@H](C(=O)O)C2)c(-c2ccc(F)cc2F)n1. The predicted octanol–water partition coefficient (Wildman–Crippen LogP) is 2.30. The first kappa shape index (κ1) is 17.1. The third-order valence-electron chi connectivity index (χ3n) is 4.30. The Balaban J connectivity index is 1.95. The van der Waals surface area contributed by atoms with Crippen LogP contribution in [-0.4, -0.2) is 44.8 Å². The number of nitrogens with zero attached hydrogens (tertiary/aromatic N) is 3. The number of likely N-dealkylation sites (tertiary alicyclic amines) is 1. The van der Waals surface area contributed by atoms with E-state index in [4.69, 9.17) is 5.11 Å². The molecule has 2 aromatic rings. The quantitative estimate of drug-likeness (QED) is 0.923. The highest BCUT2D eigenvalue weighted by atomic mass is 19.1. The van der Waals surface area contributed by atoms with Gasteiger partial charge in [0.2, 0.25) is 0 Å². The maximum Gasteiger partial charge on any atom is 0.308 e. The number of amides is 1. The summed E-state index contributed by atoms with van der Waals surface area (Å²) in [5.74, 6) is -3.48. The summed E-state index contributed by atoms with van der Waals surface area (Å²) >= 11 is 0. The number of carbonyl (C=O) groups is 2. The molecule has 8 heteroatoms. The Labute approximate surface area is 142 Å². The minimum atomic E-state index is -0.937. The standard InChI is InChI=1S/C17H17F2N3O3/c1-21-9-13(15(20-21)12-5-4-11(18)7-14(12)19)16(23)22-6-2-3-10(8-22)17(24)25/h4-5,7,9-10H,2-3,6,8H2,1H3,(H,24,25)/t10-/m0/s1. The molecule has 132 valence electrons. The normalized spacial score (nSPS) is 17.6. The van der Waals surface area contributed by atoms with Gasteiger partial charge < -0.3 is 10.0 Å². The number of aliphatic carboxylic acids is 1. The summed E-state index contributed by atoms with van der Waals surface area (Å²) in [4.78, 5) is 25.5. The monoisotopic (exact) mass is 349 g/mol. The van der Waals surface area contributed by atoms with Crippen LogP contribution < -0.4 is 0 Å². The van der Waals surface area contributed by atoms with Crippen LogP contribution in [0.15, 0.2) is 24.4 Å². The van der Waals surface area contributed by atoms with Crippen LogP contribution in [0, 0.1) is 17.6 Å². The first-order chi connectivity index (χ1) is 11.9. The van der Waals surface area contributed by atoms with Crippen LogP contribution in [0.5, 0.6) is 0 Å². The molecule has 3 rings (SSSR count). The second-order valence-electron chi connectivity index (χ2n) is 6.12. The summed E-state index contributed by atoms with van der Waals surface area (Å²) in [5, 5.41) is 13.3. The number of aromatic nitrogens is 2. The van der Waals surface area contributed by atoms with Crippen molar-refractivity contribution < 1.29 is 23.5 Å². The van der Waals surface area contributed by atoms with E-state index < -0.39 is 29.4 Å². The van der Waals surface area contributed by atoms with Crippen LogP contribution in [0.2, 0.25) is 0 Å². The van der Waals surface area contributed by atoms with E-state index in [1.807, 2.05) is 0 Å². The van der Waals surface area contributed by atoms with E-state index in [0.717, 1.165) is 12.1 Å². The summed E-state index contributed by atoms with van der Waals surface area (Å²) in [6.07, 6.45) is 2.57. The molecule has 1 N–H and O–H groups in total. The number of hydrogen-bond donors (Lipinski definition) is 1. The van der Waals surface area contributed by atoms with Gasteiger partial charge in [-0.3, -0.25) is 14.3 Å². The fourth-order valence-corrected chi connectivity index (χ4v) is 3.06. The molecule has 6 nitrogen and oxygen atoms in total. The van der Waals surface area contributed by atoms with E-state index in [1.165, 1.54) is 21.8 Å². The van der Waals surface area contributed by atoms with Crippen molar-refractivity contribution in [3.63, 3.8) is 0 Å². The van der Waals surface area contributed by atoms with Crippen molar-refractivity contribution in [1.82, 2.24) is 14.7 Å². The van der Waals surface area contributed by atoms with Gasteiger partial charge in [-0.1, -0.05) is 0 Å². The maximum atomic E-state index is 14.1. The van der Waals surface area contributed by atoms with Gasteiger partial charge in [-0.2, -0.15) is 5.10 Å². The largest absolute Gasteiger partial charge is 0.481 e. The average Bonchev–Trinajstić information content (AvgIpc) is 2.95. The fraction of sp³-hybridized carbons (Fsp3) is 0.353. The molecule has 1 saturated heterocycles. The van der Waals surface area contributed by atoms with Crippen molar-refractivity contribution >= 4 is 11.9 Å². The van der Waals surface area contributed by atoms with Crippen molar-refractivity contribution in [1.29, 1.82) is 0 Å². The first-order valence-corrected chi connectivity index (χ1v) is 7.88. The second kappa shape index (κ2) is 6.62. The van der Waals surface area contributed by atoms with Crippen LogP contribution in [0.25, 0.3) is 11.3 Å². The highest BCUT2D eigenvalue weighted by Gasteiger charge is 2.31. The molecule has 0 unspecified atom stereocenters. The molecule has 1 amide bonds. The van der Waals surface area contributed by atoms with Crippen LogP contribution in [0.4, 0.5) is 8.78 Å². The van der Waals surface area contributed by atoms with Crippen molar-refractivity contribution in [2.75, 3.05) is 13.1 Å². The van der Waals surface area contributed by atoms with Gasteiger partial charge in [0, 0.05) is 38.0 Å². The summed E-state index contributed by atoms with van der Waals surface area (Å²) in [6, 6.07) is 3.07. The third kappa shape index (κ3) is 3.38. The number of aryl methyl sites for hydroxylation is 1. The smallest absolute Gasteiger partial charge is 0.308 e. The topological polar surface area (TPSA) is 75.4 Å². The number of carboxylic acids is 1. The van der Waals surface area contributed by atoms with Gasteiger partial charge in [-0.25, -0.2) is 8.78 Å². The molecule has 0 saturated carbocycles. The molecule has 0 spiro atoms. The molecule has 2 heterocycles. The van der Waals surface area contributed by atoms with Gasteiger partial charge in [-0.15, -0.1) is 0 Å². The predicted molar refractivity (Wildman–Crippen MR) is 84.8 cm³/mol. The third-order valence-corrected chi connectivity index (χ3v) is 4.30. The molecule has 25 heavy (non-hydrogen) atoms. The summed E-state index contributed by atoms with van der Waals surface area (Å²) < 4.78 is 28.6. The van der Waals surface area contributed by atoms with Crippen molar-refractivity contribution in [2.45, 2.75) is 12.8 Å². The van der Waals surface area contributed by atoms with Gasteiger partial charge in [0.1, 0.15) is 17.3 Å². The van der Waals surface area contributed by atoms with Crippen LogP contribution in [0.3, 0.4) is 0 Å². The van der Waals surface area contributed by atoms with Crippen LogP contribution in [0.1, 0.15) is 23.2 Å². The summed E-state index contributed by atoms with van der Waals surface area (Å²) in [6.45, 7) is 0.539. The molecule has 1 aromatic carbocycles. The molecule has 1 aliphatic rings. The number of carbonyl (C=O) groups excluding carboxylic acids is 1. The fourth-order valence-electron chi connectivity index (χ4n) is 3.06. The molecule has 1 atom stereocenters. The molecule has 1 aromatic heterocycles. The minimum absolute atomic E-state index is 0.0251. The average molecular weight is 349 g/mol. The molecular formula is C17H17F2N3O3. The number of piperidine rings is 1. The molecule has 0 aliphatic carbocycles. The lowest BCUT2D eigenvalue weighted by Gasteiger charge is -2.30. The van der Waals surface area contributed by atoms with Crippen molar-refractivity contribution in [2.24, 2.45) is 13.0 Å². The second-order valence-corrected chi connectivity index (χ2v) is 6.12. The minimum Gasteiger partial charge on any atom is -0.481 e. The number of rotatable bonds is 3. The van der Waals surface area contributed by atoms with E-state index in [9.17, 15) is 18.4 Å². The Morgan fingerprint density at radius 1 is 1.32 bits per heavy atom. The van der Waals surface area contributed by atoms with Crippen molar-refractivity contribution in [3.8, 4) is 11.3 Å². The van der Waals surface area contributed by atoms with E-state index in [2.05, 4.69) is 5.10 Å². The first-order valence-electron chi connectivity index (χ1n) is 7.88.